The van der Waals surface area contributed by atoms with E-state index in [4.69, 9.17) is 9.47 Å². The number of methoxy groups -OCH3 is 1. The van der Waals surface area contributed by atoms with E-state index in [0.29, 0.717) is 32.2 Å². The van der Waals surface area contributed by atoms with Crippen LogP contribution < -0.4 is 10.6 Å². The molecule has 1 saturated heterocycles. The zero-order valence-electron chi connectivity index (χ0n) is 10.8. The smallest absolute Gasteiger partial charge is 0.222 e. The van der Waals surface area contributed by atoms with Gasteiger partial charge in [0.05, 0.1) is 19.8 Å². The summed E-state index contributed by atoms with van der Waals surface area (Å²) in [5.74, 6) is 0.623. The number of carbonyl (C=O) groups is 1. The van der Waals surface area contributed by atoms with Gasteiger partial charge in [-0.2, -0.15) is 0 Å². The van der Waals surface area contributed by atoms with Crippen molar-refractivity contribution in [1.29, 1.82) is 0 Å². The molecule has 1 rings (SSSR count). The molecule has 2 atom stereocenters. The first kappa shape index (κ1) is 14.4. The molecule has 17 heavy (non-hydrogen) atoms. The predicted octanol–water partition coefficient (Wildman–Crippen LogP) is 0.154. The summed E-state index contributed by atoms with van der Waals surface area (Å²) < 4.78 is 10.1. The summed E-state index contributed by atoms with van der Waals surface area (Å²) in [6.45, 7) is 5.69. The third kappa shape index (κ3) is 6.00. The largest absolute Gasteiger partial charge is 0.382 e. The summed E-state index contributed by atoms with van der Waals surface area (Å²) >= 11 is 0. The van der Waals surface area contributed by atoms with E-state index in [1.165, 1.54) is 0 Å². The molecule has 1 aliphatic rings. The second kappa shape index (κ2) is 8.44. The Bertz CT molecular complexity index is 224. The summed E-state index contributed by atoms with van der Waals surface area (Å²) in [7, 11) is 1.63. The van der Waals surface area contributed by atoms with E-state index < -0.39 is 0 Å². The Kier molecular flexibility index (Phi) is 7.16. The fourth-order valence-electron chi connectivity index (χ4n) is 1.87. The van der Waals surface area contributed by atoms with Crippen molar-refractivity contribution >= 4 is 5.91 Å². The lowest BCUT2D eigenvalue weighted by atomic mass is 9.95. The highest BCUT2D eigenvalue weighted by Gasteiger charge is 2.22. The Morgan fingerprint density at radius 2 is 2.24 bits per heavy atom. The van der Waals surface area contributed by atoms with Gasteiger partial charge in [0.2, 0.25) is 5.91 Å². The Morgan fingerprint density at radius 1 is 1.41 bits per heavy atom. The predicted molar refractivity (Wildman–Crippen MR) is 65.9 cm³/mol. The third-order valence-corrected chi connectivity index (χ3v) is 3.08. The van der Waals surface area contributed by atoms with Crippen molar-refractivity contribution in [3.05, 3.63) is 0 Å². The lowest BCUT2D eigenvalue weighted by Crippen LogP contribution is -2.50. The van der Waals surface area contributed by atoms with Crippen LogP contribution in [0.2, 0.25) is 0 Å². The maximum atomic E-state index is 11.6. The van der Waals surface area contributed by atoms with Crippen LogP contribution in [0.3, 0.4) is 0 Å². The second-order valence-electron chi connectivity index (χ2n) is 4.50. The van der Waals surface area contributed by atoms with Crippen LogP contribution in [-0.2, 0) is 14.3 Å². The molecule has 5 nitrogen and oxygen atoms in total. The Labute approximate surface area is 103 Å². The fourth-order valence-corrected chi connectivity index (χ4v) is 1.87. The standard InChI is InChI=1S/C12H24N2O3/c1-10-3-5-13-9-11(10)14-12(15)4-6-17-8-7-16-2/h10-11,13H,3-9H2,1-2H3,(H,14,15). The Balaban J connectivity index is 2.07. The number of piperidine rings is 1. The number of hydrogen-bond acceptors (Lipinski definition) is 4. The van der Waals surface area contributed by atoms with Crippen LogP contribution in [0.1, 0.15) is 19.8 Å². The van der Waals surface area contributed by atoms with Crippen LogP contribution in [0.5, 0.6) is 0 Å². The van der Waals surface area contributed by atoms with Crippen LogP contribution in [0, 0.1) is 5.92 Å². The van der Waals surface area contributed by atoms with Gasteiger partial charge < -0.3 is 20.1 Å². The highest BCUT2D eigenvalue weighted by molar-refractivity contribution is 5.76. The molecule has 1 fully saturated rings. The third-order valence-electron chi connectivity index (χ3n) is 3.08. The average molecular weight is 244 g/mol. The van der Waals surface area contributed by atoms with Gasteiger partial charge in [0, 0.05) is 26.1 Å². The van der Waals surface area contributed by atoms with Crippen LogP contribution >= 0.6 is 0 Å². The molecule has 0 aliphatic carbocycles. The van der Waals surface area contributed by atoms with E-state index in [0.717, 1.165) is 19.5 Å². The van der Waals surface area contributed by atoms with Gasteiger partial charge in [0.25, 0.3) is 0 Å². The van der Waals surface area contributed by atoms with Gasteiger partial charge in [0.1, 0.15) is 0 Å². The van der Waals surface area contributed by atoms with Gasteiger partial charge in [0.15, 0.2) is 0 Å². The number of rotatable bonds is 7. The van der Waals surface area contributed by atoms with Crippen LogP contribution in [0.4, 0.5) is 0 Å². The van der Waals surface area contributed by atoms with Crippen molar-refractivity contribution in [2.24, 2.45) is 5.92 Å². The number of ether oxygens (including phenoxy) is 2. The van der Waals surface area contributed by atoms with Crippen molar-refractivity contribution in [2.75, 3.05) is 40.0 Å². The monoisotopic (exact) mass is 244 g/mol. The van der Waals surface area contributed by atoms with E-state index in [9.17, 15) is 4.79 Å². The lowest BCUT2D eigenvalue weighted by Gasteiger charge is -2.30. The van der Waals surface area contributed by atoms with Gasteiger partial charge >= 0.3 is 0 Å². The first-order valence-electron chi connectivity index (χ1n) is 6.30. The van der Waals surface area contributed by atoms with Crippen molar-refractivity contribution in [2.45, 2.75) is 25.8 Å². The minimum Gasteiger partial charge on any atom is -0.382 e. The molecule has 2 N–H and O–H groups in total. The number of amides is 1. The quantitative estimate of drug-likeness (QED) is 0.626. The van der Waals surface area contributed by atoms with Crippen molar-refractivity contribution in [3.63, 3.8) is 0 Å². The Morgan fingerprint density at radius 3 is 2.94 bits per heavy atom. The molecule has 0 saturated carbocycles. The topological polar surface area (TPSA) is 59.6 Å². The maximum Gasteiger partial charge on any atom is 0.222 e. The first-order valence-corrected chi connectivity index (χ1v) is 6.30. The summed E-state index contributed by atoms with van der Waals surface area (Å²) in [5, 5.41) is 6.34. The molecule has 0 aromatic carbocycles. The molecule has 0 aromatic rings. The molecule has 100 valence electrons. The molecular weight excluding hydrogens is 220 g/mol. The van der Waals surface area contributed by atoms with Gasteiger partial charge in [-0.05, 0) is 18.9 Å². The summed E-state index contributed by atoms with van der Waals surface area (Å²) in [6.07, 6.45) is 1.54. The van der Waals surface area contributed by atoms with E-state index >= 15 is 0 Å². The van der Waals surface area contributed by atoms with Crippen LogP contribution in [-0.4, -0.2) is 52.0 Å². The normalized spacial score (nSPS) is 24.6. The van der Waals surface area contributed by atoms with E-state index in [1.54, 1.807) is 7.11 Å². The van der Waals surface area contributed by atoms with Gasteiger partial charge in [-0.1, -0.05) is 6.92 Å². The van der Waals surface area contributed by atoms with Crippen LogP contribution in [0.25, 0.3) is 0 Å². The molecular formula is C12H24N2O3. The van der Waals surface area contributed by atoms with Gasteiger partial charge in [-0.25, -0.2) is 0 Å². The number of hydrogen-bond donors (Lipinski definition) is 2. The zero-order chi connectivity index (χ0) is 12.5. The molecule has 2 unspecified atom stereocenters. The number of nitrogens with one attached hydrogen (secondary N) is 2. The zero-order valence-corrected chi connectivity index (χ0v) is 10.8. The SMILES string of the molecule is COCCOCCC(=O)NC1CNCCC1C. The molecule has 0 aromatic heterocycles. The second-order valence-corrected chi connectivity index (χ2v) is 4.50. The molecule has 0 bridgehead atoms. The molecule has 5 heteroatoms. The van der Waals surface area contributed by atoms with Gasteiger partial charge in [-0.3, -0.25) is 4.79 Å². The van der Waals surface area contributed by atoms with Gasteiger partial charge in [-0.15, -0.1) is 0 Å². The molecule has 1 heterocycles. The molecule has 1 amide bonds. The fraction of sp³-hybridized carbons (Fsp3) is 0.917. The van der Waals surface area contributed by atoms with E-state index in [1.807, 2.05) is 0 Å². The highest BCUT2D eigenvalue weighted by Crippen LogP contribution is 2.11. The van der Waals surface area contributed by atoms with Crippen LogP contribution in [0.15, 0.2) is 0 Å². The van der Waals surface area contributed by atoms with E-state index in [-0.39, 0.29) is 11.9 Å². The summed E-state index contributed by atoms with van der Waals surface area (Å²) in [5.41, 5.74) is 0. The maximum absolute atomic E-state index is 11.6. The molecule has 1 aliphatic heterocycles. The Hall–Kier alpha value is -0.650. The molecule has 0 spiro atoms. The van der Waals surface area contributed by atoms with Crippen molar-refractivity contribution < 1.29 is 14.3 Å². The number of carbonyl (C=O) groups excluding carboxylic acids is 1. The van der Waals surface area contributed by atoms with Crippen molar-refractivity contribution in [3.8, 4) is 0 Å². The first-order chi connectivity index (χ1) is 8.24. The average Bonchev–Trinajstić information content (AvgIpc) is 2.32. The lowest BCUT2D eigenvalue weighted by molar-refractivity contribution is -0.123. The summed E-state index contributed by atoms with van der Waals surface area (Å²) in [4.78, 5) is 11.6. The molecule has 0 radical (unpaired) electrons. The minimum absolute atomic E-state index is 0.0722. The minimum atomic E-state index is 0.0722. The highest BCUT2D eigenvalue weighted by atomic mass is 16.5. The summed E-state index contributed by atoms with van der Waals surface area (Å²) in [6, 6.07) is 0.259. The van der Waals surface area contributed by atoms with E-state index in [2.05, 4.69) is 17.6 Å². The van der Waals surface area contributed by atoms with Crippen molar-refractivity contribution in [1.82, 2.24) is 10.6 Å².